The van der Waals surface area contributed by atoms with E-state index in [0.29, 0.717) is 6.10 Å². The molecule has 0 amide bonds. The van der Waals surface area contributed by atoms with Crippen LogP contribution in [0.15, 0.2) is 0 Å². The van der Waals surface area contributed by atoms with E-state index in [2.05, 4.69) is 27.7 Å². The maximum atomic E-state index is 6.27. The fourth-order valence-corrected chi connectivity index (χ4v) is 2.84. The fourth-order valence-electron chi connectivity index (χ4n) is 2.84. The minimum Gasteiger partial charge on any atom is -0.372 e. The summed E-state index contributed by atoms with van der Waals surface area (Å²) in [5, 5.41) is 0. The summed E-state index contributed by atoms with van der Waals surface area (Å²) in [5.41, 5.74) is 0.0726. The van der Waals surface area contributed by atoms with E-state index in [1.54, 1.807) is 0 Å². The van der Waals surface area contributed by atoms with Gasteiger partial charge in [0, 0.05) is 0 Å². The Morgan fingerprint density at radius 3 is 2.07 bits per heavy atom. The van der Waals surface area contributed by atoms with Crippen molar-refractivity contribution in [2.75, 3.05) is 0 Å². The Morgan fingerprint density at radius 1 is 1.07 bits per heavy atom. The number of hydrogen-bond acceptors (Lipinski definition) is 1. The van der Waals surface area contributed by atoms with Gasteiger partial charge in [-0.2, -0.15) is 0 Å². The smallest absolute Gasteiger partial charge is 0.0632 e. The lowest BCUT2D eigenvalue weighted by Gasteiger charge is -2.32. The summed E-state index contributed by atoms with van der Waals surface area (Å²) in [6, 6.07) is 0. The summed E-state index contributed by atoms with van der Waals surface area (Å²) in [7, 11) is 0. The average molecular weight is 212 g/mol. The van der Waals surface area contributed by atoms with Gasteiger partial charge in [0.25, 0.3) is 0 Å². The van der Waals surface area contributed by atoms with Gasteiger partial charge >= 0.3 is 0 Å². The van der Waals surface area contributed by atoms with E-state index in [1.807, 2.05) is 0 Å². The molecule has 15 heavy (non-hydrogen) atoms. The number of hydrogen-bond donors (Lipinski definition) is 0. The van der Waals surface area contributed by atoms with Crippen LogP contribution in [0.4, 0.5) is 0 Å². The Hall–Kier alpha value is -0.0400. The van der Waals surface area contributed by atoms with Crippen LogP contribution in [-0.4, -0.2) is 11.7 Å². The third kappa shape index (κ3) is 5.55. The largest absolute Gasteiger partial charge is 0.372 e. The molecular formula is C14H28O. The molecule has 0 aromatic rings. The summed E-state index contributed by atoms with van der Waals surface area (Å²) in [6.45, 7) is 9.05. The predicted octanol–water partition coefficient (Wildman–Crippen LogP) is 4.55. The molecule has 1 aliphatic carbocycles. The molecule has 0 unspecified atom stereocenters. The van der Waals surface area contributed by atoms with Gasteiger partial charge in [0.1, 0.15) is 0 Å². The molecule has 0 heterocycles. The van der Waals surface area contributed by atoms with E-state index in [9.17, 15) is 0 Å². The van der Waals surface area contributed by atoms with Crippen LogP contribution in [0.2, 0.25) is 0 Å². The van der Waals surface area contributed by atoms with E-state index in [-0.39, 0.29) is 5.60 Å². The van der Waals surface area contributed by atoms with Crippen LogP contribution >= 0.6 is 0 Å². The number of ether oxygens (including phenoxy) is 1. The Labute approximate surface area is 95.6 Å². The van der Waals surface area contributed by atoms with Crippen LogP contribution in [0, 0.1) is 5.92 Å². The van der Waals surface area contributed by atoms with Crippen LogP contribution < -0.4 is 0 Å². The summed E-state index contributed by atoms with van der Waals surface area (Å²) < 4.78 is 6.27. The van der Waals surface area contributed by atoms with Crippen LogP contribution in [-0.2, 0) is 4.74 Å². The van der Waals surface area contributed by atoms with Gasteiger partial charge in [-0.15, -0.1) is 0 Å². The zero-order valence-corrected chi connectivity index (χ0v) is 11.0. The first kappa shape index (κ1) is 13.0. The molecule has 1 heteroatoms. The van der Waals surface area contributed by atoms with Crippen LogP contribution in [0.1, 0.15) is 72.6 Å². The van der Waals surface area contributed by atoms with Gasteiger partial charge in [-0.05, 0) is 39.0 Å². The third-order valence-electron chi connectivity index (χ3n) is 3.19. The van der Waals surface area contributed by atoms with Gasteiger partial charge in [0.15, 0.2) is 0 Å². The van der Waals surface area contributed by atoms with Crippen molar-refractivity contribution in [3.05, 3.63) is 0 Å². The van der Waals surface area contributed by atoms with Crippen LogP contribution in [0.3, 0.4) is 0 Å². The Balaban J connectivity index is 2.36. The minimum atomic E-state index is 0.0726. The van der Waals surface area contributed by atoms with E-state index in [0.717, 1.165) is 5.92 Å². The van der Waals surface area contributed by atoms with Crippen molar-refractivity contribution >= 4 is 0 Å². The Morgan fingerprint density at radius 2 is 1.60 bits per heavy atom. The second-order valence-electron chi connectivity index (χ2n) is 6.09. The quantitative estimate of drug-likeness (QED) is 0.621. The van der Waals surface area contributed by atoms with Gasteiger partial charge in [-0.3, -0.25) is 0 Å². The molecule has 1 rings (SSSR count). The molecule has 0 aliphatic heterocycles. The standard InChI is InChI=1S/C14H28O/c1-12(2)11-14(3,4)15-13-9-7-5-6-8-10-13/h12-13H,5-11H2,1-4H3. The molecule has 0 saturated heterocycles. The van der Waals surface area contributed by atoms with Gasteiger partial charge in [-0.1, -0.05) is 39.5 Å². The lowest BCUT2D eigenvalue weighted by atomic mass is 9.95. The second kappa shape index (κ2) is 5.89. The van der Waals surface area contributed by atoms with Gasteiger partial charge in [-0.25, -0.2) is 0 Å². The molecular weight excluding hydrogens is 184 g/mol. The molecule has 1 fully saturated rings. The first-order valence-electron chi connectivity index (χ1n) is 6.67. The van der Waals surface area contributed by atoms with E-state index in [1.165, 1.54) is 44.9 Å². The lowest BCUT2D eigenvalue weighted by molar-refractivity contribution is -0.0865. The molecule has 0 radical (unpaired) electrons. The molecule has 90 valence electrons. The van der Waals surface area contributed by atoms with Gasteiger partial charge < -0.3 is 4.74 Å². The van der Waals surface area contributed by atoms with Crippen molar-refractivity contribution in [1.82, 2.24) is 0 Å². The topological polar surface area (TPSA) is 9.23 Å². The Kier molecular flexibility index (Phi) is 5.11. The lowest BCUT2D eigenvalue weighted by Crippen LogP contribution is -2.32. The van der Waals surface area contributed by atoms with Crippen molar-refractivity contribution in [2.45, 2.75) is 84.3 Å². The van der Waals surface area contributed by atoms with E-state index >= 15 is 0 Å². The second-order valence-corrected chi connectivity index (χ2v) is 6.09. The summed E-state index contributed by atoms with van der Waals surface area (Å²) in [4.78, 5) is 0. The van der Waals surface area contributed by atoms with Crippen molar-refractivity contribution in [3.8, 4) is 0 Å². The molecule has 1 aliphatic rings. The van der Waals surface area contributed by atoms with Crippen molar-refractivity contribution in [3.63, 3.8) is 0 Å². The highest BCUT2D eigenvalue weighted by molar-refractivity contribution is 4.74. The molecule has 0 atom stereocenters. The molecule has 0 spiro atoms. The highest BCUT2D eigenvalue weighted by atomic mass is 16.5. The summed E-state index contributed by atoms with van der Waals surface area (Å²) in [5.74, 6) is 0.728. The zero-order chi connectivity index (χ0) is 11.3. The minimum absolute atomic E-state index is 0.0726. The summed E-state index contributed by atoms with van der Waals surface area (Å²) in [6.07, 6.45) is 9.80. The van der Waals surface area contributed by atoms with Crippen molar-refractivity contribution < 1.29 is 4.74 Å². The maximum absolute atomic E-state index is 6.27. The zero-order valence-electron chi connectivity index (χ0n) is 11.0. The van der Waals surface area contributed by atoms with Gasteiger partial charge in [0.05, 0.1) is 11.7 Å². The van der Waals surface area contributed by atoms with Crippen LogP contribution in [0.5, 0.6) is 0 Å². The summed E-state index contributed by atoms with van der Waals surface area (Å²) >= 11 is 0. The highest BCUT2D eigenvalue weighted by Gasteiger charge is 2.25. The first-order valence-corrected chi connectivity index (χ1v) is 6.67. The van der Waals surface area contributed by atoms with E-state index < -0.39 is 0 Å². The first-order chi connectivity index (χ1) is 6.99. The molecule has 0 N–H and O–H groups in total. The normalized spacial score (nSPS) is 20.6. The molecule has 1 nitrogen and oxygen atoms in total. The predicted molar refractivity (Wildman–Crippen MR) is 66.1 cm³/mol. The van der Waals surface area contributed by atoms with E-state index in [4.69, 9.17) is 4.74 Å². The molecule has 0 aromatic heterocycles. The Bertz CT molecular complexity index is 164. The monoisotopic (exact) mass is 212 g/mol. The van der Waals surface area contributed by atoms with Crippen LogP contribution in [0.25, 0.3) is 0 Å². The molecule has 0 bridgehead atoms. The van der Waals surface area contributed by atoms with Gasteiger partial charge in [0.2, 0.25) is 0 Å². The SMILES string of the molecule is CC(C)CC(C)(C)OC1CCCCCC1. The fraction of sp³-hybridized carbons (Fsp3) is 1.00. The highest BCUT2D eigenvalue weighted by Crippen LogP contribution is 2.27. The third-order valence-corrected chi connectivity index (χ3v) is 3.19. The molecule has 1 saturated carbocycles. The molecule has 0 aromatic carbocycles. The number of rotatable bonds is 4. The van der Waals surface area contributed by atoms with Crippen molar-refractivity contribution in [1.29, 1.82) is 0 Å². The average Bonchev–Trinajstić information content (AvgIpc) is 2.29. The van der Waals surface area contributed by atoms with Crippen molar-refractivity contribution in [2.24, 2.45) is 5.92 Å². The maximum Gasteiger partial charge on any atom is 0.0632 e.